The lowest BCUT2D eigenvalue weighted by molar-refractivity contribution is -0.142. The molecule has 4 unspecified atom stereocenters. The van der Waals surface area contributed by atoms with Crippen molar-refractivity contribution in [3.05, 3.63) is 0 Å². The predicted octanol–water partition coefficient (Wildman–Crippen LogP) is 2.39. The molecule has 0 radical (unpaired) electrons. The summed E-state index contributed by atoms with van der Waals surface area (Å²) in [7, 11) is 0. The van der Waals surface area contributed by atoms with Gasteiger partial charge in [-0.3, -0.25) is 14.5 Å². The molecular formula is C20H34N2O3. The molecule has 2 bridgehead atoms. The van der Waals surface area contributed by atoms with E-state index < -0.39 is 6.23 Å². The van der Waals surface area contributed by atoms with Gasteiger partial charge in [-0.05, 0) is 50.9 Å². The van der Waals surface area contributed by atoms with Gasteiger partial charge in [0.25, 0.3) is 0 Å². The average Bonchev–Trinajstić information content (AvgIpc) is 3.29. The fourth-order valence-corrected chi connectivity index (χ4v) is 4.97. The number of nitrogens with zero attached hydrogens (tertiary/aromatic N) is 1. The minimum absolute atomic E-state index is 0.00546. The van der Waals surface area contributed by atoms with E-state index in [2.05, 4.69) is 4.90 Å². The van der Waals surface area contributed by atoms with Gasteiger partial charge in [0.15, 0.2) is 12.0 Å². The van der Waals surface area contributed by atoms with Gasteiger partial charge in [-0.15, -0.1) is 0 Å². The Balaban J connectivity index is 1.47. The molecule has 5 nitrogen and oxygen atoms in total. The number of carbonyl (C=O) groups excluding carboxylic acids is 2. The standard InChI is InChI=1S/C20H34N2O3/c1-2-5-17(21)18(23)11-8-13-12-16(13)19(24)20(25)22-14-6-3-4-7-15(22)10-9-14/h13-17,20,25H,2-12,21H2,1H3/t13?,14-,15?,16-,17?,20?/m1/s1. The molecule has 2 heterocycles. The molecule has 2 aliphatic heterocycles. The summed E-state index contributed by atoms with van der Waals surface area (Å²) in [6.07, 6.45) is 9.66. The molecule has 3 fully saturated rings. The molecular weight excluding hydrogens is 316 g/mol. The summed E-state index contributed by atoms with van der Waals surface area (Å²) in [5.74, 6) is 0.331. The largest absolute Gasteiger partial charge is 0.371 e. The van der Waals surface area contributed by atoms with Crippen LogP contribution in [0.25, 0.3) is 0 Å². The smallest absolute Gasteiger partial charge is 0.179 e. The average molecular weight is 351 g/mol. The van der Waals surface area contributed by atoms with Crippen LogP contribution in [0.2, 0.25) is 0 Å². The number of carbonyl (C=O) groups is 2. The molecule has 0 aromatic carbocycles. The van der Waals surface area contributed by atoms with Crippen molar-refractivity contribution in [3.63, 3.8) is 0 Å². The molecule has 3 N–H and O–H groups in total. The number of hydrogen-bond donors (Lipinski definition) is 2. The van der Waals surface area contributed by atoms with Gasteiger partial charge in [-0.2, -0.15) is 0 Å². The van der Waals surface area contributed by atoms with E-state index in [0.29, 0.717) is 18.5 Å². The van der Waals surface area contributed by atoms with E-state index in [1.807, 2.05) is 6.92 Å². The van der Waals surface area contributed by atoms with Crippen LogP contribution in [0.4, 0.5) is 0 Å². The Morgan fingerprint density at radius 3 is 2.40 bits per heavy atom. The first-order chi connectivity index (χ1) is 12.0. The van der Waals surface area contributed by atoms with Crippen molar-refractivity contribution in [2.24, 2.45) is 17.6 Å². The number of aliphatic hydroxyl groups excluding tert-OH is 1. The minimum atomic E-state index is -0.927. The maximum atomic E-state index is 12.7. The number of Topliss-reactive ketones (excluding diaryl/α,β-unsaturated/α-hetero) is 2. The second-order valence-electron chi connectivity index (χ2n) is 8.40. The highest BCUT2D eigenvalue weighted by atomic mass is 16.3. The van der Waals surface area contributed by atoms with Crippen molar-refractivity contribution in [3.8, 4) is 0 Å². The highest BCUT2D eigenvalue weighted by molar-refractivity contribution is 5.88. The van der Waals surface area contributed by atoms with E-state index in [0.717, 1.165) is 51.4 Å². The highest BCUT2D eigenvalue weighted by Crippen LogP contribution is 2.45. The van der Waals surface area contributed by atoms with Gasteiger partial charge in [0.1, 0.15) is 5.78 Å². The molecule has 0 aromatic heterocycles. The number of nitrogens with two attached hydrogens (primary N) is 1. The van der Waals surface area contributed by atoms with Gasteiger partial charge in [-0.25, -0.2) is 0 Å². The predicted molar refractivity (Wildman–Crippen MR) is 96.9 cm³/mol. The zero-order valence-corrected chi connectivity index (χ0v) is 15.5. The van der Waals surface area contributed by atoms with Crippen LogP contribution in [0.5, 0.6) is 0 Å². The summed E-state index contributed by atoms with van der Waals surface area (Å²) in [5.41, 5.74) is 5.86. The summed E-state index contributed by atoms with van der Waals surface area (Å²) in [4.78, 5) is 26.8. The van der Waals surface area contributed by atoms with E-state index in [1.54, 1.807) is 0 Å². The molecule has 142 valence electrons. The number of aliphatic hydroxyl groups is 1. The lowest BCUT2D eigenvalue weighted by Gasteiger charge is -2.32. The molecule has 1 aliphatic carbocycles. The second-order valence-corrected chi connectivity index (χ2v) is 8.40. The summed E-state index contributed by atoms with van der Waals surface area (Å²) in [6.45, 7) is 2.03. The van der Waals surface area contributed by atoms with Gasteiger partial charge < -0.3 is 10.8 Å². The fraction of sp³-hybridized carbons (Fsp3) is 0.900. The topological polar surface area (TPSA) is 83.6 Å². The van der Waals surface area contributed by atoms with Crippen LogP contribution in [0.3, 0.4) is 0 Å². The van der Waals surface area contributed by atoms with Crippen LogP contribution in [0.15, 0.2) is 0 Å². The first-order valence-electron chi connectivity index (χ1n) is 10.3. The molecule has 6 atom stereocenters. The van der Waals surface area contributed by atoms with Crippen molar-refractivity contribution in [2.45, 2.75) is 102 Å². The maximum Gasteiger partial charge on any atom is 0.179 e. The number of ketones is 2. The first kappa shape index (κ1) is 19.0. The number of hydrogen-bond acceptors (Lipinski definition) is 5. The van der Waals surface area contributed by atoms with Crippen LogP contribution in [-0.4, -0.2) is 45.9 Å². The fourth-order valence-electron chi connectivity index (χ4n) is 4.97. The van der Waals surface area contributed by atoms with Crippen molar-refractivity contribution < 1.29 is 14.7 Å². The van der Waals surface area contributed by atoms with E-state index in [1.165, 1.54) is 12.8 Å². The SMILES string of the molecule is CCCC(N)C(=O)CCC1C[C@H]1C(=O)C(O)N1C2CCCC[C@@H]1CC2. The molecule has 2 saturated heterocycles. The van der Waals surface area contributed by atoms with E-state index in [9.17, 15) is 14.7 Å². The van der Waals surface area contributed by atoms with Crippen molar-refractivity contribution >= 4 is 11.6 Å². The van der Waals surface area contributed by atoms with Crippen LogP contribution >= 0.6 is 0 Å². The second kappa shape index (κ2) is 8.28. The molecule has 1 saturated carbocycles. The van der Waals surface area contributed by atoms with Gasteiger partial charge in [0.2, 0.25) is 0 Å². The normalized spacial score (nSPS) is 34.4. The minimum Gasteiger partial charge on any atom is -0.371 e. The Morgan fingerprint density at radius 1 is 1.16 bits per heavy atom. The molecule has 25 heavy (non-hydrogen) atoms. The first-order valence-corrected chi connectivity index (χ1v) is 10.3. The quantitative estimate of drug-likeness (QED) is 0.667. The molecule has 0 amide bonds. The summed E-state index contributed by atoms with van der Waals surface area (Å²) in [6, 6.07) is 0.422. The Kier molecular flexibility index (Phi) is 6.29. The van der Waals surface area contributed by atoms with Crippen LogP contribution in [0, 0.1) is 11.8 Å². The van der Waals surface area contributed by atoms with Gasteiger partial charge in [0, 0.05) is 24.4 Å². The Labute approximate surface area is 151 Å². The number of rotatable bonds is 9. The van der Waals surface area contributed by atoms with Crippen LogP contribution in [-0.2, 0) is 9.59 Å². The zero-order chi connectivity index (χ0) is 18.0. The summed E-state index contributed by atoms with van der Waals surface area (Å²) >= 11 is 0. The monoisotopic (exact) mass is 350 g/mol. The van der Waals surface area contributed by atoms with Gasteiger partial charge in [-0.1, -0.05) is 26.2 Å². The highest BCUT2D eigenvalue weighted by Gasteiger charge is 2.49. The van der Waals surface area contributed by atoms with Gasteiger partial charge in [0.05, 0.1) is 6.04 Å². The molecule has 0 aromatic rings. The molecule has 5 heteroatoms. The van der Waals surface area contributed by atoms with Gasteiger partial charge >= 0.3 is 0 Å². The number of fused-ring (bicyclic) bond motifs is 2. The van der Waals surface area contributed by atoms with Crippen LogP contribution < -0.4 is 5.73 Å². The van der Waals surface area contributed by atoms with Crippen molar-refractivity contribution in [2.75, 3.05) is 0 Å². The molecule has 3 aliphatic rings. The third kappa shape index (κ3) is 4.32. The third-order valence-corrected chi connectivity index (χ3v) is 6.60. The molecule has 3 rings (SSSR count). The summed E-state index contributed by atoms with van der Waals surface area (Å²) < 4.78 is 0. The van der Waals surface area contributed by atoms with Crippen molar-refractivity contribution in [1.82, 2.24) is 4.90 Å². The Hall–Kier alpha value is -0.780. The summed E-state index contributed by atoms with van der Waals surface area (Å²) in [5, 5.41) is 10.7. The maximum absolute atomic E-state index is 12.7. The lowest BCUT2D eigenvalue weighted by atomic mass is 10.0. The lowest BCUT2D eigenvalue weighted by Crippen LogP contribution is -2.48. The zero-order valence-electron chi connectivity index (χ0n) is 15.5. The van der Waals surface area contributed by atoms with Crippen LogP contribution in [0.1, 0.15) is 77.6 Å². The van der Waals surface area contributed by atoms with E-state index in [4.69, 9.17) is 5.73 Å². The Morgan fingerprint density at radius 2 is 1.80 bits per heavy atom. The van der Waals surface area contributed by atoms with Crippen molar-refractivity contribution in [1.29, 1.82) is 0 Å². The Bertz CT molecular complexity index is 481. The van der Waals surface area contributed by atoms with E-state index >= 15 is 0 Å². The molecule has 0 spiro atoms. The third-order valence-electron chi connectivity index (χ3n) is 6.60. The van der Waals surface area contributed by atoms with E-state index in [-0.39, 0.29) is 29.4 Å².